The van der Waals surface area contributed by atoms with Gasteiger partial charge in [0.05, 0.1) is 23.1 Å². The van der Waals surface area contributed by atoms with Crippen molar-refractivity contribution >= 4 is 17.7 Å². The van der Waals surface area contributed by atoms with Gasteiger partial charge in [-0.05, 0) is 18.2 Å². The molecule has 0 saturated heterocycles. The van der Waals surface area contributed by atoms with E-state index in [4.69, 9.17) is 9.47 Å². The Balaban J connectivity index is 2.40. The summed E-state index contributed by atoms with van der Waals surface area (Å²) in [5.74, 6) is -1.47. The van der Waals surface area contributed by atoms with Crippen LogP contribution in [0.4, 0.5) is 10.5 Å². The van der Waals surface area contributed by atoms with Crippen LogP contribution in [0.15, 0.2) is 29.5 Å². The SMILES string of the molecule is COCCOC(=O)C1=C(C)NC(=O)N[C@H]1c1ccc([O-])c([N+](=O)[O-])c1. The number of amides is 2. The fourth-order valence-electron chi connectivity index (χ4n) is 2.37. The number of benzene rings is 1. The highest BCUT2D eigenvalue weighted by atomic mass is 16.6. The van der Waals surface area contributed by atoms with Crippen LogP contribution >= 0.6 is 0 Å². The third-order valence-corrected chi connectivity index (χ3v) is 3.52. The largest absolute Gasteiger partial charge is 0.868 e. The van der Waals surface area contributed by atoms with Crippen LogP contribution in [0.2, 0.25) is 0 Å². The number of nitrogens with one attached hydrogen (secondary N) is 2. The second-order valence-corrected chi connectivity index (χ2v) is 5.18. The summed E-state index contributed by atoms with van der Waals surface area (Å²) >= 11 is 0. The molecule has 0 spiro atoms. The number of methoxy groups -OCH3 is 1. The third-order valence-electron chi connectivity index (χ3n) is 3.52. The number of carbonyl (C=O) groups is 2. The Kier molecular flexibility index (Phi) is 5.55. The van der Waals surface area contributed by atoms with Crippen LogP contribution in [0.25, 0.3) is 0 Å². The Bertz CT molecular complexity index is 745. The first-order chi connectivity index (χ1) is 11.8. The zero-order chi connectivity index (χ0) is 18.6. The Labute approximate surface area is 142 Å². The van der Waals surface area contributed by atoms with Crippen molar-refractivity contribution in [3.05, 3.63) is 45.1 Å². The number of hydrogen-bond donors (Lipinski definition) is 2. The first-order valence-electron chi connectivity index (χ1n) is 7.24. The number of rotatable bonds is 6. The first kappa shape index (κ1) is 18.2. The van der Waals surface area contributed by atoms with Gasteiger partial charge in [-0.1, -0.05) is 12.1 Å². The third kappa shape index (κ3) is 4.04. The predicted octanol–water partition coefficient (Wildman–Crippen LogP) is 0.486. The van der Waals surface area contributed by atoms with Gasteiger partial charge in [0.15, 0.2) is 0 Å². The lowest BCUT2D eigenvalue weighted by molar-refractivity contribution is -0.398. The predicted molar refractivity (Wildman–Crippen MR) is 82.5 cm³/mol. The zero-order valence-electron chi connectivity index (χ0n) is 13.5. The lowest BCUT2D eigenvalue weighted by atomic mass is 9.95. The summed E-state index contributed by atoms with van der Waals surface area (Å²) in [5, 5.41) is 27.5. The molecular weight excluding hydrogens is 334 g/mol. The van der Waals surface area contributed by atoms with E-state index in [0.29, 0.717) is 0 Å². The monoisotopic (exact) mass is 350 g/mol. The van der Waals surface area contributed by atoms with Gasteiger partial charge in [-0.15, -0.1) is 0 Å². The van der Waals surface area contributed by atoms with Crippen LogP contribution in [-0.2, 0) is 14.3 Å². The number of nitro groups is 1. The van der Waals surface area contributed by atoms with Crippen molar-refractivity contribution in [1.29, 1.82) is 0 Å². The molecule has 0 aliphatic carbocycles. The molecule has 1 aromatic carbocycles. The van der Waals surface area contributed by atoms with E-state index in [-0.39, 0.29) is 30.0 Å². The van der Waals surface area contributed by atoms with Crippen LogP contribution in [0.1, 0.15) is 18.5 Å². The summed E-state index contributed by atoms with van der Waals surface area (Å²) in [6, 6.07) is 1.81. The van der Waals surface area contributed by atoms with Crippen LogP contribution in [0, 0.1) is 10.1 Å². The molecule has 1 aliphatic rings. The van der Waals surface area contributed by atoms with Crippen molar-refractivity contribution in [3.63, 3.8) is 0 Å². The molecule has 0 aromatic heterocycles. The summed E-state index contributed by atoms with van der Waals surface area (Å²) in [7, 11) is 1.45. The molecule has 0 saturated carbocycles. The van der Waals surface area contributed by atoms with Gasteiger partial charge >= 0.3 is 12.0 Å². The van der Waals surface area contributed by atoms with Gasteiger partial charge in [-0.2, -0.15) is 0 Å². The van der Waals surface area contributed by atoms with Crippen molar-refractivity contribution in [2.24, 2.45) is 0 Å². The van der Waals surface area contributed by atoms with Crippen molar-refractivity contribution in [1.82, 2.24) is 10.6 Å². The molecule has 10 nitrogen and oxygen atoms in total. The van der Waals surface area contributed by atoms with E-state index >= 15 is 0 Å². The normalized spacial score (nSPS) is 16.9. The van der Waals surface area contributed by atoms with E-state index < -0.39 is 34.4 Å². The molecule has 25 heavy (non-hydrogen) atoms. The molecule has 1 aliphatic heterocycles. The lowest BCUT2D eigenvalue weighted by Gasteiger charge is -2.28. The second-order valence-electron chi connectivity index (χ2n) is 5.18. The summed E-state index contributed by atoms with van der Waals surface area (Å²) in [5.41, 5.74) is -0.0807. The molecule has 2 rings (SSSR count). The Morgan fingerprint density at radius 3 is 2.72 bits per heavy atom. The average molecular weight is 350 g/mol. The minimum atomic E-state index is -0.983. The van der Waals surface area contributed by atoms with Gasteiger partial charge in [0.25, 0.3) is 5.69 Å². The van der Waals surface area contributed by atoms with Gasteiger partial charge in [0.1, 0.15) is 6.61 Å². The zero-order valence-corrected chi connectivity index (χ0v) is 13.5. The highest BCUT2D eigenvalue weighted by molar-refractivity contribution is 5.95. The summed E-state index contributed by atoms with van der Waals surface area (Å²) < 4.78 is 9.87. The number of ether oxygens (including phenoxy) is 2. The van der Waals surface area contributed by atoms with Gasteiger partial charge < -0.3 is 25.2 Å². The topological polar surface area (TPSA) is 143 Å². The van der Waals surface area contributed by atoms with E-state index in [0.717, 1.165) is 12.1 Å². The lowest BCUT2D eigenvalue weighted by Crippen LogP contribution is -2.45. The summed E-state index contributed by atoms with van der Waals surface area (Å²) in [6.45, 7) is 1.71. The van der Waals surface area contributed by atoms with E-state index in [9.17, 15) is 24.8 Å². The van der Waals surface area contributed by atoms with Gasteiger partial charge in [0, 0.05) is 18.9 Å². The van der Waals surface area contributed by atoms with E-state index in [1.54, 1.807) is 0 Å². The molecule has 2 amide bonds. The number of nitro benzene ring substituents is 1. The van der Waals surface area contributed by atoms with E-state index in [1.165, 1.54) is 20.1 Å². The highest BCUT2D eigenvalue weighted by Gasteiger charge is 2.33. The van der Waals surface area contributed by atoms with Gasteiger partial charge in [-0.3, -0.25) is 10.1 Å². The molecule has 0 radical (unpaired) electrons. The molecule has 134 valence electrons. The molecule has 1 atom stereocenters. The Hall–Kier alpha value is -3.14. The minimum Gasteiger partial charge on any atom is -0.868 e. The molecule has 0 bridgehead atoms. The molecule has 1 heterocycles. The number of hydrogen-bond acceptors (Lipinski definition) is 7. The molecule has 2 N–H and O–H groups in total. The quantitative estimate of drug-likeness (QED) is 0.329. The maximum atomic E-state index is 12.3. The standard InChI is InChI=1S/C15H17N3O7/c1-8-12(14(20)25-6-5-24-2)13(17-15(21)16-8)9-3-4-11(19)10(7-9)18(22)23/h3-4,7,13,19H,5-6H2,1-2H3,(H2,16,17,21)/p-1/t13-/m0/s1. The number of urea groups is 1. The van der Waals surface area contributed by atoms with Gasteiger partial charge in [0.2, 0.25) is 0 Å². The number of carbonyl (C=O) groups excluding carboxylic acids is 2. The first-order valence-corrected chi connectivity index (χ1v) is 7.24. The van der Waals surface area contributed by atoms with Crippen molar-refractivity contribution in [2.75, 3.05) is 20.3 Å². The smallest absolute Gasteiger partial charge is 0.338 e. The fraction of sp³-hybridized carbons (Fsp3) is 0.333. The van der Waals surface area contributed by atoms with Crippen molar-refractivity contribution < 1.29 is 29.1 Å². The average Bonchev–Trinajstić information content (AvgIpc) is 2.54. The van der Waals surface area contributed by atoms with Crippen molar-refractivity contribution in [3.8, 4) is 5.75 Å². The maximum Gasteiger partial charge on any atom is 0.338 e. The van der Waals surface area contributed by atoms with E-state index in [2.05, 4.69) is 10.6 Å². The Morgan fingerprint density at radius 1 is 1.36 bits per heavy atom. The highest BCUT2D eigenvalue weighted by Crippen LogP contribution is 2.32. The number of allylic oxidation sites excluding steroid dienone is 1. The number of nitrogens with zero attached hydrogens (tertiary/aromatic N) is 1. The van der Waals surface area contributed by atoms with Crippen LogP contribution in [0.3, 0.4) is 0 Å². The summed E-state index contributed by atoms with van der Waals surface area (Å²) in [6.07, 6.45) is 0. The molecular formula is C15H16N3O7-. The number of esters is 1. The second kappa shape index (κ2) is 7.62. The molecule has 0 unspecified atom stereocenters. The molecule has 10 heteroatoms. The molecule has 0 fully saturated rings. The summed E-state index contributed by atoms with van der Waals surface area (Å²) in [4.78, 5) is 34.2. The maximum absolute atomic E-state index is 12.3. The van der Waals surface area contributed by atoms with Crippen LogP contribution in [-0.4, -0.2) is 37.2 Å². The van der Waals surface area contributed by atoms with Crippen LogP contribution in [0.5, 0.6) is 5.75 Å². The molecule has 1 aromatic rings. The van der Waals surface area contributed by atoms with Crippen molar-refractivity contribution in [2.45, 2.75) is 13.0 Å². The fourth-order valence-corrected chi connectivity index (χ4v) is 2.37. The Morgan fingerprint density at radius 2 is 2.08 bits per heavy atom. The minimum absolute atomic E-state index is 0.00637. The van der Waals surface area contributed by atoms with E-state index in [1.807, 2.05) is 0 Å². The van der Waals surface area contributed by atoms with Gasteiger partial charge in [-0.25, -0.2) is 9.59 Å². The van der Waals surface area contributed by atoms with Crippen LogP contribution < -0.4 is 15.7 Å².